The number of piperidine rings is 1. The van der Waals surface area contributed by atoms with Gasteiger partial charge in [-0.05, 0) is 49.6 Å². The normalized spacial score (nSPS) is 15.3. The molecule has 2 rings (SSSR count). The van der Waals surface area contributed by atoms with E-state index in [0.29, 0.717) is 18.0 Å². The average Bonchev–Trinajstić information content (AvgIpc) is 2.53. The Morgan fingerprint density at radius 2 is 1.73 bits per heavy atom. The van der Waals surface area contributed by atoms with Gasteiger partial charge in [0.2, 0.25) is 5.91 Å². The van der Waals surface area contributed by atoms with Gasteiger partial charge in [-0.2, -0.15) is 0 Å². The van der Waals surface area contributed by atoms with Gasteiger partial charge in [0.15, 0.2) is 5.78 Å². The third kappa shape index (κ3) is 5.07. The number of halogens is 2. The van der Waals surface area contributed by atoms with Crippen LogP contribution in [0.15, 0.2) is 24.3 Å². The fourth-order valence-corrected chi connectivity index (χ4v) is 2.58. The molecule has 6 heteroatoms. The molecule has 0 spiro atoms. The van der Waals surface area contributed by atoms with E-state index in [9.17, 15) is 14.0 Å². The van der Waals surface area contributed by atoms with Gasteiger partial charge in [0.1, 0.15) is 5.82 Å². The Morgan fingerprint density at radius 1 is 1.14 bits per heavy atom. The van der Waals surface area contributed by atoms with Gasteiger partial charge in [-0.25, -0.2) is 4.39 Å². The fourth-order valence-electron chi connectivity index (χ4n) is 2.58. The Balaban J connectivity index is 0.00000242. The summed E-state index contributed by atoms with van der Waals surface area (Å²) in [6.07, 6.45) is 2.26. The molecule has 0 aliphatic carbocycles. The van der Waals surface area contributed by atoms with E-state index in [0.717, 1.165) is 25.9 Å². The zero-order valence-corrected chi connectivity index (χ0v) is 13.3. The van der Waals surface area contributed by atoms with E-state index in [-0.39, 0.29) is 42.8 Å². The second-order valence-electron chi connectivity index (χ2n) is 5.49. The summed E-state index contributed by atoms with van der Waals surface area (Å²) in [5, 5.41) is 0. The molecule has 22 heavy (non-hydrogen) atoms. The highest BCUT2D eigenvalue weighted by Crippen LogP contribution is 2.17. The van der Waals surface area contributed by atoms with Crippen LogP contribution in [0.4, 0.5) is 4.39 Å². The van der Waals surface area contributed by atoms with Crippen LogP contribution in [-0.4, -0.2) is 36.2 Å². The number of benzene rings is 1. The molecule has 1 saturated heterocycles. The van der Waals surface area contributed by atoms with Gasteiger partial charge in [0, 0.05) is 31.5 Å². The molecule has 0 atom stereocenters. The number of rotatable bonds is 5. The molecule has 1 aromatic carbocycles. The highest BCUT2D eigenvalue weighted by atomic mass is 35.5. The van der Waals surface area contributed by atoms with Crippen molar-refractivity contribution in [3.8, 4) is 0 Å². The van der Waals surface area contributed by atoms with Crippen LogP contribution in [0.5, 0.6) is 0 Å². The van der Waals surface area contributed by atoms with Crippen molar-refractivity contribution in [3.63, 3.8) is 0 Å². The van der Waals surface area contributed by atoms with E-state index in [1.165, 1.54) is 24.3 Å². The Kier molecular flexibility index (Phi) is 7.48. The lowest BCUT2D eigenvalue weighted by Gasteiger charge is -2.31. The van der Waals surface area contributed by atoms with Gasteiger partial charge in [-0.15, -0.1) is 12.4 Å². The number of likely N-dealkylation sites (tertiary alicyclic amines) is 1. The van der Waals surface area contributed by atoms with Crippen LogP contribution in [0.25, 0.3) is 0 Å². The number of hydrogen-bond acceptors (Lipinski definition) is 3. The van der Waals surface area contributed by atoms with Gasteiger partial charge in [0.05, 0.1) is 0 Å². The minimum atomic E-state index is -0.370. The molecule has 1 aliphatic rings. The van der Waals surface area contributed by atoms with Crippen LogP contribution in [0.3, 0.4) is 0 Å². The third-order valence-corrected chi connectivity index (χ3v) is 4.03. The van der Waals surface area contributed by atoms with E-state index in [4.69, 9.17) is 5.73 Å². The van der Waals surface area contributed by atoms with Crippen molar-refractivity contribution in [1.29, 1.82) is 0 Å². The highest BCUT2D eigenvalue weighted by molar-refractivity contribution is 5.97. The SMILES string of the molecule is Cl.NCC1CCN(C(=O)CCC(=O)c2ccc(F)cc2)CC1. The molecule has 0 aromatic heterocycles. The molecule has 1 aromatic rings. The number of hydrogen-bond donors (Lipinski definition) is 1. The molecule has 0 saturated carbocycles. The minimum absolute atomic E-state index is 0. The standard InChI is InChI=1S/C16H21FN2O2.ClH/c17-14-3-1-13(2-4-14)15(20)5-6-16(21)19-9-7-12(11-18)8-10-19;/h1-4,12H,5-11,18H2;1H. The van der Waals surface area contributed by atoms with Crippen LogP contribution in [0, 0.1) is 11.7 Å². The number of nitrogens with two attached hydrogens (primary N) is 1. The van der Waals surface area contributed by atoms with Crippen molar-refractivity contribution in [2.24, 2.45) is 11.7 Å². The summed E-state index contributed by atoms with van der Waals surface area (Å²) in [7, 11) is 0. The van der Waals surface area contributed by atoms with E-state index in [1.54, 1.807) is 0 Å². The van der Waals surface area contributed by atoms with Crippen LogP contribution < -0.4 is 5.73 Å². The van der Waals surface area contributed by atoms with Gasteiger partial charge >= 0.3 is 0 Å². The summed E-state index contributed by atoms with van der Waals surface area (Å²) in [6.45, 7) is 2.13. The lowest BCUT2D eigenvalue weighted by Crippen LogP contribution is -2.40. The van der Waals surface area contributed by atoms with Crippen LogP contribution in [-0.2, 0) is 4.79 Å². The van der Waals surface area contributed by atoms with Crippen molar-refractivity contribution in [1.82, 2.24) is 4.90 Å². The average molecular weight is 329 g/mol. The van der Waals surface area contributed by atoms with Crippen molar-refractivity contribution < 1.29 is 14.0 Å². The number of nitrogens with zero attached hydrogens (tertiary/aromatic N) is 1. The zero-order valence-electron chi connectivity index (χ0n) is 12.5. The Hall–Kier alpha value is -1.46. The maximum Gasteiger partial charge on any atom is 0.223 e. The van der Waals surface area contributed by atoms with E-state index < -0.39 is 0 Å². The fraction of sp³-hybridized carbons (Fsp3) is 0.500. The number of Topliss-reactive ketones (excluding diaryl/α,β-unsaturated/α-hetero) is 1. The summed E-state index contributed by atoms with van der Waals surface area (Å²) in [5.41, 5.74) is 6.07. The second kappa shape index (κ2) is 8.86. The first-order chi connectivity index (χ1) is 10.1. The Labute approximate surface area is 136 Å². The number of carbonyl (C=O) groups excluding carboxylic acids is 2. The van der Waals surface area contributed by atoms with E-state index in [1.807, 2.05) is 4.90 Å². The van der Waals surface area contributed by atoms with Crippen molar-refractivity contribution in [3.05, 3.63) is 35.6 Å². The number of ketones is 1. The summed E-state index contributed by atoms with van der Waals surface area (Å²) >= 11 is 0. The number of amides is 1. The molecule has 1 heterocycles. The molecular weight excluding hydrogens is 307 g/mol. The molecule has 122 valence electrons. The van der Waals surface area contributed by atoms with Crippen LogP contribution in [0.2, 0.25) is 0 Å². The smallest absolute Gasteiger partial charge is 0.223 e. The topological polar surface area (TPSA) is 63.4 Å². The molecular formula is C16H22ClFN2O2. The monoisotopic (exact) mass is 328 g/mol. The predicted molar refractivity (Wildman–Crippen MR) is 85.6 cm³/mol. The second-order valence-corrected chi connectivity index (χ2v) is 5.49. The van der Waals surface area contributed by atoms with E-state index in [2.05, 4.69) is 0 Å². The highest BCUT2D eigenvalue weighted by Gasteiger charge is 2.22. The molecule has 1 fully saturated rings. The summed E-state index contributed by atoms with van der Waals surface area (Å²) < 4.78 is 12.8. The van der Waals surface area contributed by atoms with Gasteiger partial charge in [-0.1, -0.05) is 0 Å². The summed E-state index contributed by atoms with van der Waals surface area (Å²) in [5.74, 6) is 0.0291. The first-order valence-corrected chi connectivity index (χ1v) is 7.36. The Bertz CT molecular complexity index is 499. The van der Waals surface area contributed by atoms with E-state index >= 15 is 0 Å². The number of carbonyl (C=O) groups is 2. The molecule has 0 unspecified atom stereocenters. The Morgan fingerprint density at radius 3 is 2.27 bits per heavy atom. The lowest BCUT2D eigenvalue weighted by molar-refractivity contribution is -0.132. The first-order valence-electron chi connectivity index (χ1n) is 7.36. The molecule has 0 radical (unpaired) electrons. The van der Waals surface area contributed by atoms with Crippen molar-refractivity contribution >= 4 is 24.1 Å². The van der Waals surface area contributed by atoms with Gasteiger partial charge < -0.3 is 10.6 Å². The van der Waals surface area contributed by atoms with Crippen LogP contribution in [0.1, 0.15) is 36.0 Å². The van der Waals surface area contributed by atoms with Gasteiger partial charge in [-0.3, -0.25) is 9.59 Å². The summed E-state index contributed by atoms with van der Waals surface area (Å²) in [6, 6.07) is 5.42. The maximum atomic E-state index is 12.8. The van der Waals surface area contributed by atoms with Crippen molar-refractivity contribution in [2.45, 2.75) is 25.7 Å². The molecule has 1 aliphatic heterocycles. The molecule has 1 amide bonds. The zero-order chi connectivity index (χ0) is 15.2. The predicted octanol–water partition coefficient (Wildman–Crippen LogP) is 2.41. The van der Waals surface area contributed by atoms with Gasteiger partial charge in [0.25, 0.3) is 0 Å². The first kappa shape index (κ1) is 18.6. The van der Waals surface area contributed by atoms with Crippen molar-refractivity contribution in [2.75, 3.05) is 19.6 Å². The maximum absolute atomic E-state index is 12.8. The van der Waals surface area contributed by atoms with Crippen LogP contribution >= 0.6 is 12.4 Å². The quantitative estimate of drug-likeness (QED) is 0.844. The molecule has 4 nitrogen and oxygen atoms in total. The largest absolute Gasteiger partial charge is 0.343 e. The molecule has 0 bridgehead atoms. The molecule has 2 N–H and O–H groups in total. The lowest BCUT2D eigenvalue weighted by atomic mass is 9.96. The third-order valence-electron chi connectivity index (χ3n) is 4.03. The summed E-state index contributed by atoms with van der Waals surface area (Å²) in [4.78, 5) is 25.8. The minimum Gasteiger partial charge on any atom is -0.343 e.